The first-order valence-electron chi connectivity index (χ1n) is 9.39. The lowest BCUT2D eigenvalue weighted by Crippen LogP contribution is -2.37. The van der Waals surface area contributed by atoms with Crippen molar-refractivity contribution < 1.29 is 4.79 Å². The Bertz CT molecular complexity index is 833. The number of hydrogen-bond acceptors (Lipinski definition) is 6. The van der Waals surface area contributed by atoms with Crippen LogP contribution in [0.25, 0.3) is 0 Å². The van der Waals surface area contributed by atoms with Crippen LogP contribution in [-0.2, 0) is 19.4 Å². The van der Waals surface area contributed by atoms with Crippen LogP contribution in [0.5, 0.6) is 0 Å². The van der Waals surface area contributed by atoms with Crippen LogP contribution in [0, 0.1) is 0 Å². The number of amides is 1. The smallest absolute Gasteiger partial charge is 0.254 e. The zero-order valence-electron chi connectivity index (χ0n) is 16.9. The maximum absolute atomic E-state index is 13.0. The minimum atomic E-state index is 0.0387. The van der Waals surface area contributed by atoms with Gasteiger partial charge >= 0.3 is 0 Å². The standard InChI is InChI=1S/C20H28N6O/c1-6-7-15-12-14(8-10-21-15)19(27)26-11-9-16-17(13-26)22-20(25(4)5)23-18(16)24(2)3/h8,10,12H,6-7,9,11,13H2,1-5H3. The molecule has 7 nitrogen and oxygen atoms in total. The predicted octanol–water partition coefficient (Wildman–Crippen LogP) is 2.15. The van der Waals surface area contributed by atoms with Gasteiger partial charge in [-0.25, -0.2) is 4.98 Å². The molecule has 2 aromatic rings. The maximum Gasteiger partial charge on any atom is 0.254 e. The average Bonchev–Trinajstić information content (AvgIpc) is 2.66. The Hall–Kier alpha value is -2.70. The van der Waals surface area contributed by atoms with Gasteiger partial charge in [0, 0.05) is 57.8 Å². The van der Waals surface area contributed by atoms with E-state index in [1.807, 2.05) is 49.0 Å². The molecule has 3 rings (SSSR count). The molecular formula is C20H28N6O. The van der Waals surface area contributed by atoms with E-state index in [9.17, 15) is 4.79 Å². The lowest BCUT2D eigenvalue weighted by molar-refractivity contribution is 0.0731. The fraction of sp³-hybridized carbons (Fsp3) is 0.500. The van der Waals surface area contributed by atoms with E-state index in [1.54, 1.807) is 12.3 Å². The van der Waals surface area contributed by atoms with Gasteiger partial charge in [-0.2, -0.15) is 4.98 Å². The van der Waals surface area contributed by atoms with E-state index in [0.29, 0.717) is 24.6 Å². The Morgan fingerprint density at radius 2 is 1.96 bits per heavy atom. The average molecular weight is 368 g/mol. The van der Waals surface area contributed by atoms with E-state index in [4.69, 9.17) is 4.98 Å². The second-order valence-electron chi connectivity index (χ2n) is 7.32. The fourth-order valence-corrected chi connectivity index (χ4v) is 3.33. The number of carbonyl (C=O) groups is 1. The first kappa shape index (κ1) is 19.1. The van der Waals surface area contributed by atoms with E-state index >= 15 is 0 Å². The van der Waals surface area contributed by atoms with Gasteiger partial charge in [-0.1, -0.05) is 13.3 Å². The van der Waals surface area contributed by atoms with Gasteiger partial charge in [-0.3, -0.25) is 9.78 Å². The zero-order valence-corrected chi connectivity index (χ0v) is 16.9. The van der Waals surface area contributed by atoms with Crippen LogP contribution < -0.4 is 9.80 Å². The van der Waals surface area contributed by atoms with Crippen molar-refractivity contribution in [3.8, 4) is 0 Å². The summed E-state index contributed by atoms with van der Waals surface area (Å²) in [7, 11) is 7.84. The van der Waals surface area contributed by atoms with Crippen molar-refractivity contribution >= 4 is 17.7 Å². The summed E-state index contributed by atoms with van der Waals surface area (Å²) in [4.78, 5) is 32.6. The quantitative estimate of drug-likeness (QED) is 0.806. The maximum atomic E-state index is 13.0. The molecule has 0 saturated carbocycles. The Labute approximate surface area is 161 Å². The highest BCUT2D eigenvalue weighted by atomic mass is 16.2. The largest absolute Gasteiger partial charge is 0.362 e. The molecule has 7 heteroatoms. The molecule has 0 N–H and O–H groups in total. The molecule has 1 aliphatic heterocycles. The number of hydrogen-bond donors (Lipinski definition) is 0. The van der Waals surface area contributed by atoms with Gasteiger partial charge in [0.15, 0.2) is 0 Å². The molecule has 27 heavy (non-hydrogen) atoms. The topological polar surface area (TPSA) is 65.5 Å². The van der Waals surface area contributed by atoms with Crippen LogP contribution in [0.4, 0.5) is 11.8 Å². The summed E-state index contributed by atoms with van der Waals surface area (Å²) in [5, 5.41) is 0. The lowest BCUT2D eigenvalue weighted by Gasteiger charge is -2.31. The first-order valence-corrected chi connectivity index (χ1v) is 9.39. The highest BCUT2D eigenvalue weighted by Crippen LogP contribution is 2.28. The van der Waals surface area contributed by atoms with Gasteiger partial charge in [-0.05, 0) is 25.0 Å². The second kappa shape index (κ2) is 7.90. The van der Waals surface area contributed by atoms with Gasteiger partial charge < -0.3 is 14.7 Å². The van der Waals surface area contributed by atoms with E-state index in [-0.39, 0.29) is 5.91 Å². The Morgan fingerprint density at radius 3 is 2.63 bits per heavy atom. The molecule has 144 valence electrons. The molecule has 2 aromatic heterocycles. The van der Waals surface area contributed by atoms with E-state index < -0.39 is 0 Å². The monoisotopic (exact) mass is 368 g/mol. The number of fused-ring (bicyclic) bond motifs is 1. The van der Waals surface area contributed by atoms with Crippen molar-refractivity contribution in [2.24, 2.45) is 0 Å². The molecule has 0 bridgehead atoms. The van der Waals surface area contributed by atoms with Crippen LogP contribution in [0.1, 0.15) is 40.7 Å². The van der Waals surface area contributed by atoms with Crippen molar-refractivity contribution in [1.82, 2.24) is 19.9 Å². The molecule has 0 unspecified atom stereocenters. The molecule has 0 radical (unpaired) electrons. The Balaban J connectivity index is 1.89. The Morgan fingerprint density at radius 1 is 1.19 bits per heavy atom. The number of aromatic nitrogens is 3. The predicted molar refractivity (Wildman–Crippen MR) is 107 cm³/mol. The van der Waals surface area contributed by atoms with Crippen molar-refractivity contribution in [3.63, 3.8) is 0 Å². The van der Waals surface area contributed by atoms with Gasteiger partial charge in [-0.15, -0.1) is 0 Å². The van der Waals surface area contributed by atoms with E-state index in [1.165, 1.54) is 0 Å². The Kier molecular flexibility index (Phi) is 5.58. The van der Waals surface area contributed by atoms with Crippen LogP contribution in [0.15, 0.2) is 18.3 Å². The van der Waals surface area contributed by atoms with Crippen molar-refractivity contribution in [1.29, 1.82) is 0 Å². The molecule has 0 saturated heterocycles. The van der Waals surface area contributed by atoms with Crippen molar-refractivity contribution in [2.75, 3.05) is 44.5 Å². The second-order valence-corrected chi connectivity index (χ2v) is 7.32. The third-order valence-electron chi connectivity index (χ3n) is 4.71. The minimum absolute atomic E-state index is 0.0387. The number of aryl methyl sites for hydroxylation is 1. The van der Waals surface area contributed by atoms with E-state index in [0.717, 1.165) is 42.0 Å². The summed E-state index contributed by atoms with van der Waals surface area (Å²) in [6.45, 7) is 3.29. The van der Waals surface area contributed by atoms with Crippen molar-refractivity contribution in [3.05, 3.63) is 40.8 Å². The van der Waals surface area contributed by atoms with Crippen LogP contribution >= 0.6 is 0 Å². The van der Waals surface area contributed by atoms with Crippen LogP contribution in [0.3, 0.4) is 0 Å². The lowest BCUT2D eigenvalue weighted by atomic mass is 10.0. The summed E-state index contributed by atoms with van der Waals surface area (Å²) in [5.41, 5.74) is 3.73. The number of carbonyl (C=O) groups excluding carboxylic acids is 1. The molecule has 0 aliphatic carbocycles. The SMILES string of the molecule is CCCc1cc(C(=O)N2CCc3c(nc(N(C)C)nc3N(C)C)C2)ccn1. The summed E-state index contributed by atoms with van der Waals surface area (Å²) < 4.78 is 0. The minimum Gasteiger partial charge on any atom is -0.362 e. The summed E-state index contributed by atoms with van der Waals surface area (Å²) in [6, 6.07) is 3.71. The fourth-order valence-electron chi connectivity index (χ4n) is 3.33. The van der Waals surface area contributed by atoms with Gasteiger partial charge in [0.05, 0.1) is 12.2 Å². The van der Waals surface area contributed by atoms with Gasteiger partial charge in [0.2, 0.25) is 5.95 Å². The summed E-state index contributed by atoms with van der Waals surface area (Å²) in [6.07, 6.45) is 4.39. The highest BCUT2D eigenvalue weighted by molar-refractivity contribution is 5.94. The molecule has 0 spiro atoms. The molecule has 3 heterocycles. The van der Waals surface area contributed by atoms with E-state index in [2.05, 4.69) is 16.9 Å². The normalized spacial score (nSPS) is 13.3. The van der Waals surface area contributed by atoms with Crippen molar-refractivity contribution in [2.45, 2.75) is 32.7 Å². The van der Waals surface area contributed by atoms with Crippen LogP contribution in [-0.4, -0.2) is 60.5 Å². The molecule has 1 amide bonds. The van der Waals surface area contributed by atoms with Gasteiger partial charge in [0.1, 0.15) is 5.82 Å². The van der Waals surface area contributed by atoms with Gasteiger partial charge in [0.25, 0.3) is 5.91 Å². The molecule has 0 fully saturated rings. The summed E-state index contributed by atoms with van der Waals surface area (Å²) >= 11 is 0. The molecule has 1 aliphatic rings. The number of nitrogens with zero attached hydrogens (tertiary/aromatic N) is 6. The molecule has 0 atom stereocenters. The third kappa shape index (κ3) is 4.02. The molecular weight excluding hydrogens is 340 g/mol. The number of anilines is 2. The zero-order chi connectivity index (χ0) is 19.6. The third-order valence-corrected chi connectivity index (χ3v) is 4.71. The number of rotatable bonds is 5. The first-order chi connectivity index (χ1) is 12.9. The molecule has 0 aromatic carbocycles. The highest BCUT2D eigenvalue weighted by Gasteiger charge is 2.27. The van der Waals surface area contributed by atoms with Crippen LogP contribution in [0.2, 0.25) is 0 Å². The summed E-state index contributed by atoms with van der Waals surface area (Å²) in [5.74, 6) is 1.64. The number of pyridine rings is 1.